The van der Waals surface area contributed by atoms with Crippen LogP contribution in [0.25, 0.3) is 10.8 Å². The lowest BCUT2D eigenvalue weighted by molar-refractivity contribution is -0.138. The molecular formula is C17H19NO4. The average Bonchev–Trinajstić information content (AvgIpc) is 2.52. The molecule has 0 aromatic heterocycles. The fourth-order valence-corrected chi connectivity index (χ4v) is 2.36. The van der Waals surface area contributed by atoms with Gasteiger partial charge >= 0.3 is 5.97 Å². The number of rotatable bonds is 6. The van der Waals surface area contributed by atoms with E-state index < -0.39 is 18.1 Å². The molecule has 5 nitrogen and oxygen atoms in total. The Kier molecular flexibility index (Phi) is 5.12. The fraction of sp³-hybridized carbons (Fsp3) is 0.294. The minimum atomic E-state index is -0.969. The maximum atomic E-state index is 12.0. The Hall–Kier alpha value is -2.40. The van der Waals surface area contributed by atoms with Crippen molar-refractivity contribution in [3.8, 4) is 0 Å². The van der Waals surface area contributed by atoms with Crippen molar-refractivity contribution in [2.75, 3.05) is 7.11 Å². The van der Waals surface area contributed by atoms with Gasteiger partial charge in [-0.3, -0.25) is 9.59 Å². The number of carboxylic acid groups (broad SMARTS) is 1. The second-order valence-electron chi connectivity index (χ2n) is 5.11. The van der Waals surface area contributed by atoms with E-state index in [1.807, 2.05) is 42.5 Å². The molecule has 0 spiro atoms. The van der Waals surface area contributed by atoms with Crippen LogP contribution in [-0.4, -0.2) is 30.2 Å². The summed E-state index contributed by atoms with van der Waals surface area (Å²) >= 11 is 0. The van der Waals surface area contributed by atoms with Crippen LogP contribution in [0.2, 0.25) is 0 Å². The molecule has 0 aliphatic rings. The largest absolute Gasteiger partial charge is 0.481 e. The molecule has 0 heterocycles. The van der Waals surface area contributed by atoms with E-state index in [0.29, 0.717) is 0 Å². The molecule has 0 aliphatic heterocycles. The monoisotopic (exact) mass is 301 g/mol. The second-order valence-corrected chi connectivity index (χ2v) is 5.11. The van der Waals surface area contributed by atoms with Crippen LogP contribution in [0.3, 0.4) is 0 Å². The zero-order valence-electron chi connectivity index (χ0n) is 12.6. The number of methoxy groups -OCH3 is 1. The number of carboxylic acids is 1. The third kappa shape index (κ3) is 3.62. The van der Waals surface area contributed by atoms with Crippen LogP contribution in [0, 0.1) is 0 Å². The Bertz CT molecular complexity index is 678. The molecule has 0 radical (unpaired) electrons. The summed E-state index contributed by atoms with van der Waals surface area (Å²) in [4.78, 5) is 23.2. The molecule has 1 amide bonds. The van der Waals surface area contributed by atoms with Crippen LogP contribution >= 0.6 is 0 Å². The standard InChI is InChI=1S/C17H19NO4/c1-11(22-2)17(21)18-15(10-16(19)20)14-9-5-7-12-6-3-4-8-13(12)14/h3-9,11,15H,10H2,1-2H3,(H,18,21)(H,19,20)/t11?,15-/m1/s1. The third-order valence-electron chi connectivity index (χ3n) is 3.62. The van der Waals surface area contributed by atoms with Crippen molar-refractivity contribution in [3.63, 3.8) is 0 Å². The lowest BCUT2D eigenvalue weighted by atomic mass is 9.96. The Morgan fingerprint density at radius 2 is 1.86 bits per heavy atom. The van der Waals surface area contributed by atoms with Crippen LogP contribution in [0.1, 0.15) is 24.9 Å². The summed E-state index contributed by atoms with van der Waals surface area (Å²) in [5.41, 5.74) is 0.789. The first kappa shape index (κ1) is 16.0. The second kappa shape index (κ2) is 7.04. The summed E-state index contributed by atoms with van der Waals surface area (Å²) in [6.07, 6.45) is -0.817. The van der Waals surface area contributed by atoms with Gasteiger partial charge in [0, 0.05) is 7.11 Å². The Morgan fingerprint density at radius 3 is 2.55 bits per heavy atom. The highest BCUT2D eigenvalue weighted by molar-refractivity contribution is 5.88. The summed E-state index contributed by atoms with van der Waals surface area (Å²) in [5.74, 6) is -1.30. The minimum Gasteiger partial charge on any atom is -0.481 e. The quantitative estimate of drug-likeness (QED) is 0.859. The number of aliphatic carboxylic acids is 1. The normalized spacial score (nSPS) is 13.5. The van der Waals surface area contributed by atoms with Gasteiger partial charge in [0.1, 0.15) is 6.10 Å². The van der Waals surface area contributed by atoms with E-state index in [0.717, 1.165) is 16.3 Å². The molecule has 2 N–H and O–H groups in total. The molecule has 22 heavy (non-hydrogen) atoms. The summed E-state index contributed by atoms with van der Waals surface area (Å²) in [6, 6.07) is 12.7. The van der Waals surface area contributed by atoms with Gasteiger partial charge in [-0.15, -0.1) is 0 Å². The number of carbonyl (C=O) groups excluding carboxylic acids is 1. The van der Waals surface area contributed by atoms with E-state index in [1.165, 1.54) is 7.11 Å². The van der Waals surface area contributed by atoms with Gasteiger partial charge in [-0.1, -0.05) is 42.5 Å². The van der Waals surface area contributed by atoms with Crippen molar-refractivity contribution < 1.29 is 19.4 Å². The van der Waals surface area contributed by atoms with Gasteiger partial charge in [0.05, 0.1) is 12.5 Å². The predicted octanol–water partition coefficient (Wildman–Crippen LogP) is 2.51. The molecule has 116 valence electrons. The maximum absolute atomic E-state index is 12.0. The highest BCUT2D eigenvalue weighted by atomic mass is 16.5. The Balaban J connectivity index is 2.39. The summed E-state index contributed by atoms with van der Waals surface area (Å²) in [7, 11) is 1.44. The SMILES string of the molecule is COC(C)C(=O)N[C@H](CC(=O)O)c1cccc2ccccc12. The first-order chi connectivity index (χ1) is 10.5. The highest BCUT2D eigenvalue weighted by Crippen LogP contribution is 2.26. The minimum absolute atomic E-state index is 0.184. The topological polar surface area (TPSA) is 75.6 Å². The first-order valence-electron chi connectivity index (χ1n) is 7.05. The van der Waals surface area contributed by atoms with Gasteiger partial charge in [-0.25, -0.2) is 0 Å². The number of ether oxygens (including phenoxy) is 1. The summed E-state index contributed by atoms with van der Waals surface area (Å²) in [5, 5.41) is 13.8. The van der Waals surface area contributed by atoms with Gasteiger partial charge < -0.3 is 15.2 Å². The van der Waals surface area contributed by atoms with E-state index in [9.17, 15) is 9.59 Å². The average molecular weight is 301 g/mol. The number of hydrogen-bond donors (Lipinski definition) is 2. The zero-order valence-corrected chi connectivity index (χ0v) is 12.6. The van der Waals surface area contributed by atoms with E-state index in [1.54, 1.807) is 6.92 Å². The van der Waals surface area contributed by atoms with E-state index in [-0.39, 0.29) is 12.3 Å². The molecule has 2 atom stereocenters. The molecule has 1 unspecified atom stereocenters. The Morgan fingerprint density at radius 1 is 1.18 bits per heavy atom. The zero-order chi connectivity index (χ0) is 16.1. The Labute approximate surface area is 128 Å². The van der Waals surface area contributed by atoms with Gasteiger partial charge in [0.15, 0.2) is 0 Å². The molecule has 0 aliphatic carbocycles. The van der Waals surface area contributed by atoms with Crippen LogP contribution in [0.15, 0.2) is 42.5 Å². The molecule has 0 fully saturated rings. The number of benzene rings is 2. The number of carbonyl (C=O) groups is 2. The smallest absolute Gasteiger partial charge is 0.305 e. The molecule has 0 saturated heterocycles. The van der Waals surface area contributed by atoms with Crippen molar-refractivity contribution in [3.05, 3.63) is 48.0 Å². The van der Waals surface area contributed by atoms with Gasteiger partial charge in [0.25, 0.3) is 0 Å². The maximum Gasteiger partial charge on any atom is 0.305 e. The van der Waals surface area contributed by atoms with E-state index >= 15 is 0 Å². The van der Waals surface area contributed by atoms with Crippen molar-refractivity contribution in [2.45, 2.75) is 25.5 Å². The molecular weight excluding hydrogens is 282 g/mol. The number of hydrogen-bond acceptors (Lipinski definition) is 3. The van der Waals surface area contributed by atoms with Crippen molar-refractivity contribution >= 4 is 22.6 Å². The fourth-order valence-electron chi connectivity index (χ4n) is 2.36. The molecule has 2 rings (SSSR count). The third-order valence-corrected chi connectivity index (χ3v) is 3.62. The first-order valence-corrected chi connectivity index (χ1v) is 7.05. The van der Waals surface area contributed by atoms with E-state index in [2.05, 4.69) is 5.32 Å². The summed E-state index contributed by atoms with van der Waals surface area (Å²) in [6.45, 7) is 1.62. The number of amides is 1. The van der Waals surface area contributed by atoms with E-state index in [4.69, 9.17) is 9.84 Å². The molecule has 0 saturated carbocycles. The summed E-state index contributed by atoms with van der Waals surface area (Å²) < 4.78 is 4.98. The molecule has 2 aromatic rings. The highest BCUT2D eigenvalue weighted by Gasteiger charge is 2.22. The van der Waals surface area contributed by atoms with Crippen molar-refractivity contribution in [1.29, 1.82) is 0 Å². The van der Waals surface area contributed by atoms with Crippen LogP contribution in [0.5, 0.6) is 0 Å². The molecule has 2 aromatic carbocycles. The molecule has 0 bridgehead atoms. The van der Waals surface area contributed by atoms with Crippen LogP contribution in [0.4, 0.5) is 0 Å². The molecule has 5 heteroatoms. The predicted molar refractivity (Wildman–Crippen MR) is 83.6 cm³/mol. The van der Waals surface area contributed by atoms with Crippen LogP contribution in [-0.2, 0) is 14.3 Å². The van der Waals surface area contributed by atoms with Crippen molar-refractivity contribution in [2.24, 2.45) is 0 Å². The van der Waals surface area contributed by atoms with Gasteiger partial charge in [-0.05, 0) is 23.3 Å². The number of nitrogens with one attached hydrogen (secondary N) is 1. The van der Waals surface area contributed by atoms with Gasteiger partial charge in [0.2, 0.25) is 5.91 Å². The van der Waals surface area contributed by atoms with Crippen molar-refractivity contribution in [1.82, 2.24) is 5.32 Å². The van der Waals surface area contributed by atoms with Gasteiger partial charge in [-0.2, -0.15) is 0 Å². The lowest BCUT2D eigenvalue weighted by Crippen LogP contribution is -2.37. The number of fused-ring (bicyclic) bond motifs is 1. The lowest BCUT2D eigenvalue weighted by Gasteiger charge is -2.21. The van der Waals surface area contributed by atoms with Crippen LogP contribution < -0.4 is 5.32 Å².